The fourth-order valence-corrected chi connectivity index (χ4v) is 1.99. The average Bonchev–Trinajstić information content (AvgIpc) is 2.29. The molecule has 0 spiro atoms. The van der Waals surface area contributed by atoms with Crippen molar-refractivity contribution in [2.45, 2.75) is 25.7 Å². The zero-order valence-electron chi connectivity index (χ0n) is 9.53. The van der Waals surface area contributed by atoms with Crippen LogP contribution in [0.4, 0.5) is 5.69 Å². The second kappa shape index (κ2) is 6.31. The second-order valence-electron chi connectivity index (χ2n) is 3.60. The first-order valence-electron chi connectivity index (χ1n) is 5.24. The zero-order valence-corrected chi connectivity index (χ0v) is 11.1. The normalized spacial score (nSPS) is 11.4. The monoisotopic (exact) mass is 295 g/mol. The first kappa shape index (κ1) is 13.6. The third-order valence-electron chi connectivity index (χ3n) is 2.49. The van der Waals surface area contributed by atoms with Gasteiger partial charge >= 0.3 is 5.97 Å². The van der Waals surface area contributed by atoms with Crippen LogP contribution in [0.5, 0.6) is 0 Å². The van der Waals surface area contributed by atoms with Gasteiger partial charge in [-0.2, -0.15) is 0 Å². The minimum atomic E-state index is -0.868. The van der Waals surface area contributed by atoms with E-state index in [0.717, 1.165) is 4.47 Å². The lowest BCUT2D eigenvalue weighted by Crippen LogP contribution is -2.13. The maximum Gasteiger partial charge on any atom is 0.311 e. The average molecular weight is 296 g/mol. The van der Waals surface area contributed by atoms with Crippen LogP contribution in [0, 0.1) is 11.8 Å². The highest BCUT2D eigenvalue weighted by Crippen LogP contribution is 2.31. The quantitative estimate of drug-likeness (QED) is 0.663. The van der Waals surface area contributed by atoms with Gasteiger partial charge in [0.05, 0.1) is 5.92 Å². The predicted octanol–water partition coefficient (Wildman–Crippen LogP) is 3.00. The Morgan fingerprint density at radius 1 is 1.59 bits per heavy atom. The lowest BCUT2D eigenvalue weighted by molar-refractivity contribution is -0.138. The summed E-state index contributed by atoms with van der Waals surface area (Å²) in [4.78, 5) is 11.2. The molecule has 0 amide bonds. The number of benzene rings is 1. The van der Waals surface area contributed by atoms with E-state index >= 15 is 0 Å². The number of carbonyl (C=O) groups is 1. The van der Waals surface area contributed by atoms with E-state index in [9.17, 15) is 9.90 Å². The number of para-hydroxylation sites is 1. The maximum absolute atomic E-state index is 11.2. The molecular formula is C13H14BrNO2. The Bertz CT molecular complexity index is 474. The summed E-state index contributed by atoms with van der Waals surface area (Å²) in [6.07, 6.45) is 1.02. The van der Waals surface area contributed by atoms with Crippen LogP contribution in [-0.4, -0.2) is 11.1 Å². The number of aliphatic carboxylic acids is 1. The van der Waals surface area contributed by atoms with Crippen LogP contribution in [0.25, 0.3) is 0 Å². The molecule has 4 heteroatoms. The molecule has 3 N–H and O–H groups in total. The Labute approximate surface area is 109 Å². The zero-order chi connectivity index (χ0) is 12.8. The molecule has 1 aromatic carbocycles. The molecular weight excluding hydrogens is 282 g/mol. The molecule has 0 bridgehead atoms. The molecule has 90 valence electrons. The summed E-state index contributed by atoms with van der Waals surface area (Å²) in [5.74, 6) is 4.16. The van der Waals surface area contributed by atoms with Crippen molar-refractivity contribution in [3.05, 3.63) is 28.2 Å². The number of carboxylic acids is 1. The van der Waals surface area contributed by atoms with Crippen LogP contribution in [0.2, 0.25) is 0 Å². The molecule has 1 aromatic rings. The molecule has 0 heterocycles. The van der Waals surface area contributed by atoms with E-state index in [4.69, 9.17) is 5.73 Å². The van der Waals surface area contributed by atoms with Crippen molar-refractivity contribution < 1.29 is 9.90 Å². The molecule has 0 aliphatic heterocycles. The van der Waals surface area contributed by atoms with E-state index in [-0.39, 0.29) is 0 Å². The van der Waals surface area contributed by atoms with Crippen molar-refractivity contribution in [1.29, 1.82) is 0 Å². The summed E-state index contributed by atoms with van der Waals surface area (Å²) in [6.45, 7) is 1.74. The van der Waals surface area contributed by atoms with E-state index < -0.39 is 11.9 Å². The Morgan fingerprint density at radius 3 is 2.88 bits per heavy atom. The molecule has 3 nitrogen and oxygen atoms in total. The second-order valence-corrected chi connectivity index (χ2v) is 4.45. The van der Waals surface area contributed by atoms with E-state index in [2.05, 4.69) is 27.8 Å². The molecule has 0 saturated carbocycles. The van der Waals surface area contributed by atoms with E-state index in [0.29, 0.717) is 24.1 Å². The number of rotatable bonds is 4. The van der Waals surface area contributed by atoms with Crippen molar-refractivity contribution in [1.82, 2.24) is 0 Å². The number of halogens is 1. The summed E-state index contributed by atoms with van der Waals surface area (Å²) in [7, 11) is 0. The minimum absolute atomic E-state index is 0.469. The fraction of sp³-hybridized carbons (Fsp3) is 0.308. The molecule has 1 unspecified atom stereocenters. The van der Waals surface area contributed by atoms with E-state index in [1.807, 2.05) is 0 Å². The molecule has 0 aliphatic rings. The van der Waals surface area contributed by atoms with Gasteiger partial charge in [-0.3, -0.25) is 4.79 Å². The van der Waals surface area contributed by atoms with Gasteiger partial charge in [-0.25, -0.2) is 0 Å². The molecule has 0 saturated heterocycles. The number of hydrogen-bond acceptors (Lipinski definition) is 2. The summed E-state index contributed by atoms with van der Waals surface area (Å²) >= 11 is 3.30. The molecule has 17 heavy (non-hydrogen) atoms. The third-order valence-corrected chi connectivity index (χ3v) is 3.19. The standard InChI is InChI=1S/C13H14BrNO2/c1-2-3-4-6-10(13(16)17)9-7-5-8-11(14)12(9)15/h5,7-8,10H,4,6,15H2,1H3,(H,16,17). The number of nitrogens with two attached hydrogens (primary N) is 1. The van der Waals surface area contributed by atoms with Gasteiger partial charge in [-0.1, -0.05) is 12.1 Å². The summed E-state index contributed by atoms with van der Waals surface area (Å²) < 4.78 is 0.725. The van der Waals surface area contributed by atoms with Crippen molar-refractivity contribution in [2.24, 2.45) is 0 Å². The van der Waals surface area contributed by atoms with Gasteiger partial charge in [0, 0.05) is 16.6 Å². The number of carboxylic acid groups (broad SMARTS) is 1. The first-order chi connectivity index (χ1) is 8.07. The van der Waals surface area contributed by atoms with Crippen LogP contribution < -0.4 is 5.73 Å². The summed E-state index contributed by atoms with van der Waals surface area (Å²) in [5.41, 5.74) is 7.01. The van der Waals surface area contributed by atoms with Gasteiger partial charge in [0.1, 0.15) is 0 Å². The molecule has 0 aliphatic carbocycles. The van der Waals surface area contributed by atoms with E-state index in [1.54, 1.807) is 25.1 Å². The molecule has 1 atom stereocenters. The van der Waals surface area contributed by atoms with Crippen molar-refractivity contribution in [2.75, 3.05) is 5.73 Å². The van der Waals surface area contributed by atoms with Crippen molar-refractivity contribution in [3.63, 3.8) is 0 Å². The first-order valence-corrected chi connectivity index (χ1v) is 6.03. The highest BCUT2D eigenvalue weighted by molar-refractivity contribution is 9.10. The lowest BCUT2D eigenvalue weighted by Gasteiger charge is -2.14. The lowest BCUT2D eigenvalue weighted by atomic mass is 9.93. The van der Waals surface area contributed by atoms with Crippen LogP contribution in [0.1, 0.15) is 31.2 Å². The summed E-state index contributed by atoms with van der Waals surface area (Å²) in [5, 5.41) is 9.22. The van der Waals surface area contributed by atoms with Gasteiger partial charge in [-0.15, -0.1) is 11.8 Å². The highest BCUT2D eigenvalue weighted by atomic mass is 79.9. The van der Waals surface area contributed by atoms with Gasteiger partial charge in [0.15, 0.2) is 0 Å². The van der Waals surface area contributed by atoms with Crippen LogP contribution in [0.15, 0.2) is 22.7 Å². The smallest absolute Gasteiger partial charge is 0.311 e. The summed E-state index contributed by atoms with van der Waals surface area (Å²) in [6, 6.07) is 5.33. The SMILES string of the molecule is CC#CCCC(C(=O)O)c1cccc(Br)c1N. The van der Waals surface area contributed by atoms with Crippen LogP contribution in [-0.2, 0) is 4.79 Å². The fourth-order valence-electron chi connectivity index (χ4n) is 1.61. The van der Waals surface area contributed by atoms with E-state index in [1.165, 1.54) is 0 Å². The van der Waals surface area contributed by atoms with Gasteiger partial charge in [0.25, 0.3) is 0 Å². The topological polar surface area (TPSA) is 63.3 Å². The number of hydrogen-bond donors (Lipinski definition) is 2. The molecule has 1 rings (SSSR count). The Kier molecular flexibility index (Phi) is 5.05. The number of nitrogen functional groups attached to an aromatic ring is 1. The maximum atomic E-state index is 11.2. The Balaban J connectivity index is 3.00. The third kappa shape index (κ3) is 3.50. The molecule has 0 radical (unpaired) electrons. The van der Waals surface area contributed by atoms with Crippen LogP contribution in [0.3, 0.4) is 0 Å². The van der Waals surface area contributed by atoms with Crippen molar-refractivity contribution >= 4 is 27.6 Å². The van der Waals surface area contributed by atoms with Gasteiger partial charge in [-0.05, 0) is 40.9 Å². The minimum Gasteiger partial charge on any atom is -0.481 e. The van der Waals surface area contributed by atoms with Gasteiger partial charge in [0.2, 0.25) is 0 Å². The Morgan fingerprint density at radius 2 is 2.29 bits per heavy atom. The molecule has 0 aromatic heterocycles. The Hall–Kier alpha value is -1.47. The van der Waals surface area contributed by atoms with Crippen LogP contribution >= 0.6 is 15.9 Å². The van der Waals surface area contributed by atoms with Crippen molar-refractivity contribution in [3.8, 4) is 11.8 Å². The largest absolute Gasteiger partial charge is 0.481 e. The highest BCUT2D eigenvalue weighted by Gasteiger charge is 2.22. The molecule has 0 fully saturated rings. The predicted molar refractivity (Wildman–Crippen MR) is 71.6 cm³/mol. The number of anilines is 1. The van der Waals surface area contributed by atoms with Gasteiger partial charge < -0.3 is 10.8 Å².